The molecule has 5 nitrogen and oxygen atoms in total. The molecule has 0 fully saturated rings. The summed E-state index contributed by atoms with van der Waals surface area (Å²) in [6, 6.07) is 3.21. The second-order valence-corrected chi connectivity index (χ2v) is 3.34. The Bertz CT molecular complexity index is 616. The number of fused-ring (bicyclic) bond motifs is 1. The molecule has 0 aromatic carbocycles. The Morgan fingerprint density at radius 2 is 2.31 bits per heavy atom. The smallest absolute Gasteiger partial charge is 0.341 e. The maximum absolute atomic E-state index is 11.8. The number of nitrogens with zero attached hydrogens (tertiary/aromatic N) is 2. The number of rotatable bonds is 2. The number of carboxylic acid groups (broad SMARTS) is 1. The van der Waals surface area contributed by atoms with Gasteiger partial charge in [-0.2, -0.15) is 0 Å². The molecule has 2 aromatic heterocycles. The molecule has 0 amide bonds. The minimum absolute atomic E-state index is 0.220. The van der Waals surface area contributed by atoms with E-state index in [1.54, 1.807) is 22.9 Å². The summed E-state index contributed by atoms with van der Waals surface area (Å²) >= 11 is 0. The average Bonchev–Trinajstić information content (AvgIpc) is 2.29. The number of aromatic nitrogens is 2. The van der Waals surface area contributed by atoms with Gasteiger partial charge in [-0.25, -0.2) is 9.78 Å². The summed E-state index contributed by atoms with van der Waals surface area (Å²) in [5, 5.41) is 9.25. The molecular weight excluding hydrogens is 208 g/mol. The van der Waals surface area contributed by atoms with Crippen molar-refractivity contribution in [3.8, 4) is 0 Å². The van der Waals surface area contributed by atoms with Gasteiger partial charge in [-0.3, -0.25) is 4.79 Å². The Kier molecular flexibility index (Phi) is 2.44. The highest BCUT2D eigenvalue weighted by Gasteiger charge is 2.13. The topological polar surface area (TPSA) is 72.2 Å². The van der Waals surface area contributed by atoms with Crippen LogP contribution in [0.3, 0.4) is 0 Å². The molecule has 2 aromatic rings. The average molecular weight is 218 g/mol. The van der Waals surface area contributed by atoms with Gasteiger partial charge in [0.25, 0.3) is 0 Å². The maximum atomic E-state index is 11.8. The predicted octanol–water partition coefficient (Wildman–Crippen LogP) is 1.11. The molecule has 0 bridgehead atoms. The van der Waals surface area contributed by atoms with E-state index in [1.165, 1.54) is 6.20 Å². The van der Waals surface area contributed by atoms with E-state index in [9.17, 15) is 9.59 Å². The summed E-state index contributed by atoms with van der Waals surface area (Å²) < 4.78 is 1.65. The van der Waals surface area contributed by atoms with Gasteiger partial charge in [-0.15, -0.1) is 0 Å². The lowest BCUT2D eigenvalue weighted by Crippen LogP contribution is -2.19. The zero-order valence-electron chi connectivity index (χ0n) is 8.67. The number of pyridine rings is 2. The third-order valence-corrected chi connectivity index (χ3v) is 2.40. The second-order valence-electron chi connectivity index (χ2n) is 3.34. The normalized spacial score (nSPS) is 10.6. The van der Waals surface area contributed by atoms with Crippen LogP contribution < -0.4 is 5.43 Å². The summed E-state index contributed by atoms with van der Waals surface area (Å²) in [5.41, 5.74) is -0.192. The molecule has 0 saturated carbocycles. The van der Waals surface area contributed by atoms with Crippen LogP contribution in [0.15, 0.2) is 29.3 Å². The first kappa shape index (κ1) is 10.4. The van der Waals surface area contributed by atoms with Crippen LogP contribution in [0.4, 0.5) is 0 Å². The fraction of sp³-hybridized carbons (Fsp3) is 0.182. The molecule has 0 aliphatic rings. The quantitative estimate of drug-likeness (QED) is 0.819. The first-order valence-electron chi connectivity index (χ1n) is 4.86. The minimum Gasteiger partial charge on any atom is -0.477 e. The van der Waals surface area contributed by atoms with Crippen molar-refractivity contribution < 1.29 is 9.90 Å². The van der Waals surface area contributed by atoms with Gasteiger partial charge in [-0.1, -0.05) is 0 Å². The molecule has 2 heterocycles. The van der Waals surface area contributed by atoms with Crippen LogP contribution in [0.25, 0.3) is 11.0 Å². The predicted molar refractivity (Wildman–Crippen MR) is 58.6 cm³/mol. The van der Waals surface area contributed by atoms with E-state index in [-0.39, 0.29) is 5.56 Å². The molecule has 0 radical (unpaired) electrons. The van der Waals surface area contributed by atoms with Gasteiger partial charge in [-0.05, 0) is 19.1 Å². The minimum atomic E-state index is -1.21. The Morgan fingerprint density at radius 3 is 2.94 bits per heavy atom. The monoisotopic (exact) mass is 218 g/mol. The van der Waals surface area contributed by atoms with Gasteiger partial charge in [0.05, 0.1) is 5.39 Å². The zero-order valence-corrected chi connectivity index (χ0v) is 8.67. The van der Waals surface area contributed by atoms with Crippen LogP contribution in [-0.4, -0.2) is 20.6 Å². The van der Waals surface area contributed by atoms with Gasteiger partial charge in [0.15, 0.2) is 0 Å². The Hall–Kier alpha value is -2.17. The van der Waals surface area contributed by atoms with Crippen LogP contribution in [0.5, 0.6) is 0 Å². The molecule has 0 saturated heterocycles. The molecule has 0 spiro atoms. The Balaban J connectivity index is 2.94. The first-order chi connectivity index (χ1) is 7.65. The molecular formula is C11H10N2O3. The lowest BCUT2D eigenvalue weighted by atomic mass is 10.2. The fourth-order valence-corrected chi connectivity index (χ4v) is 1.62. The SMILES string of the molecule is CCn1cc(C(=O)O)c(=O)c2cccnc21. The van der Waals surface area contributed by atoms with Crippen LogP contribution in [0.2, 0.25) is 0 Å². The third kappa shape index (κ3) is 1.46. The van der Waals surface area contributed by atoms with Gasteiger partial charge in [0, 0.05) is 18.9 Å². The number of hydrogen-bond donors (Lipinski definition) is 1. The summed E-state index contributed by atoms with van der Waals surface area (Å²) in [5.74, 6) is -1.21. The third-order valence-electron chi connectivity index (χ3n) is 2.40. The van der Waals surface area contributed by atoms with Crippen molar-refractivity contribution in [1.82, 2.24) is 9.55 Å². The summed E-state index contributed by atoms with van der Waals surface area (Å²) in [6.07, 6.45) is 2.91. The van der Waals surface area contributed by atoms with Crippen LogP contribution in [0, 0.1) is 0 Å². The second kappa shape index (κ2) is 3.77. The summed E-state index contributed by atoms with van der Waals surface area (Å²) in [7, 11) is 0. The van der Waals surface area contributed by atoms with Gasteiger partial charge in [0.2, 0.25) is 5.43 Å². The van der Waals surface area contributed by atoms with Crippen LogP contribution in [-0.2, 0) is 6.54 Å². The first-order valence-corrected chi connectivity index (χ1v) is 4.86. The van der Waals surface area contributed by atoms with Gasteiger partial charge in [0.1, 0.15) is 11.2 Å². The van der Waals surface area contributed by atoms with Crippen molar-refractivity contribution >= 4 is 17.0 Å². The van der Waals surface area contributed by atoms with Gasteiger partial charge >= 0.3 is 5.97 Å². The van der Waals surface area contributed by atoms with E-state index in [0.29, 0.717) is 17.6 Å². The van der Waals surface area contributed by atoms with E-state index in [2.05, 4.69) is 4.98 Å². The lowest BCUT2D eigenvalue weighted by Gasteiger charge is -2.08. The van der Waals surface area contributed by atoms with Crippen molar-refractivity contribution in [2.75, 3.05) is 0 Å². The zero-order chi connectivity index (χ0) is 11.7. The van der Waals surface area contributed by atoms with Crippen molar-refractivity contribution in [1.29, 1.82) is 0 Å². The fourth-order valence-electron chi connectivity index (χ4n) is 1.62. The van der Waals surface area contributed by atoms with Crippen LogP contribution in [0.1, 0.15) is 17.3 Å². The van der Waals surface area contributed by atoms with Crippen molar-refractivity contribution in [3.05, 3.63) is 40.3 Å². The molecule has 0 unspecified atom stereocenters. The number of carboxylic acids is 1. The Morgan fingerprint density at radius 1 is 1.56 bits per heavy atom. The highest BCUT2D eigenvalue weighted by Crippen LogP contribution is 2.08. The molecule has 1 N–H and O–H groups in total. The number of carbonyl (C=O) groups is 1. The van der Waals surface area contributed by atoms with E-state index in [0.717, 1.165) is 0 Å². The highest BCUT2D eigenvalue weighted by atomic mass is 16.4. The number of hydrogen-bond acceptors (Lipinski definition) is 3. The van der Waals surface area contributed by atoms with E-state index >= 15 is 0 Å². The van der Waals surface area contributed by atoms with Gasteiger partial charge < -0.3 is 9.67 Å². The lowest BCUT2D eigenvalue weighted by molar-refractivity contribution is 0.0695. The largest absolute Gasteiger partial charge is 0.477 e. The standard InChI is InChI=1S/C11H10N2O3/c1-2-13-6-8(11(15)16)9(14)7-4-3-5-12-10(7)13/h3-6H,2H2,1H3,(H,15,16). The molecule has 82 valence electrons. The molecule has 16 heavy (non-hydrogen) atoms. The van der Waals surface area contributed by atoms with E-state index in [4.69, 9.17) is 5.11 Å². The van der Waals surface area contributed by atoms with E-state index < -0.39 is 11.4 Å². The maximum Gasteiger partial charge on any atom is 0.341 e. The molecule has 0 aliphatic carbocycles. The van der Waals surface area contributed by atoms with Crippen molar-refractivity contribution in [2.45, 2.75) is 13.5 Å². The highest BCUT2D eigenvalue weighted by molar-refractivity contribution is 5.91. The molecule has 2 rings (SSSR count). The molecule has 0 atom stereocenters. The van der Waals surface area contributed by atoms with Crippen molar-refractivity contribution in [2.24, 2.45) is 0 Å². The molecule has 5 heteroatoms. The number of aromatic carboxylic acids is 1. The number of aryl methyl sites for hydroxylation is 1. The summed E-state index contributed by atoms with van der Waals surface area (Å²) in [6.45, 7) is 2.43. The summed E-state index contributed by atoms with van der Waals surface area (Å²) in [4.78, 5) is 26.8. The Labute approximate surface area is 91.0 Å². The molecule has 0 aliphatic heterocycles. The van der Waals surface area contributed by atoms with E-state index in [1.807, 2.05) is 6.92 Å². The van der Waals surface area contributed by atoms with Crippen molar-refractivity contribution in [3.63, 3.8) is 0 Å². The van der Waals surface area contributed by atoms with Crippen LogP contribution >= 0.6 is 0 Å².